The third-order valence-electron chi connectivity index (χ3n) is 3.16. The Morgan fingerprint density at radius 2 is 1.95 bits per heavy atom. The van der Waals surface area contributed by atoms with Crippen LogP contribution < -0.4 is 9.47 Å². The van der Waals surface area contributed by atoms with Crippen molar-refractivity contribution in [1.82, 2.24) is 0 Å². The van der Waals surface area contributed by atoms with E-state index in [0.29, 0.717) is 11.3 Å². The van der Waals surface area contributed by atoms with Crippen LogP contribution in [-0.4, -0.2) is 23.1 Å². The minimum atomic E-state index is -0.437. The minimum Gasteiger partial charge on any atom is -0.508 e. The lowest BCUT2D eigenvalue weighted by atomic mass is 10.1. The van der Waals surface area contributed by atoms with E-state index in [-0.39, 0.29) is 28.6 Å². The molecule has 0 amide bonds. The van der Waals surface area contributed by atoms with Crippen molar-refractivity contribution in [2.75, 3.05) is 7.11 Å². The Morgan fingerprint density at radius 3 is 2.71 bits per heavy atom. The molecule has 106 valence electrons. The maximum absolute atomic E-state index is 12.3. The van der Waals surface area contributed by atoms with Gasteiger partial charge in [-0.25, -0.2) is 0 Å². The Labute approximate surface area is 120 Å². The zero-order valence-corrected chi connectivity index (χ0v) is 11.2. The number of hydrogen-bond donors (Lipinski definition) is 2. The monoisotopic (exact) mass is 284 g/mol. The summed E-state index contributed by atoms with van der Waals surface area (Å²) in [7, 11) is 1.54. The summed E-state index contributed by atoms with van der Waals surface area (Å²) >= 11 is 0. The quantitative estimate of drug-likeness (QED) is 0.829. The first-order valence-electron chi connectivity index (χ1n) is 6.23. The zero-order chi connectivity index (χ0) is 15.0. The Hall–Kier alpha value is -2.95. The fourth-order valence-electron chi connectivity index (χ4n) is 2.21. The molecule has 0 radical (unpaired) electrons. The summed E-state index contributed by atoms with van der Waals surface area (Å²) in [6, 6.07) is 9.56. The van der Waals surface area contributed by atoms with E-state index in [1.54, 1.807) is 12.1 Å². The smallest absolute Gasteiger partial charge is 0.235 e. The van der Waals surface area contributed by atoms with E-state index in [0.717, 1.165) is 6.07 Å². The highest BCUT2D eigenvalue weighted by Crippen LogP contribution is 2.40. The third kappa shape index (κ3) is 2.18. The molecule has 0 fully saturated rings. The first kappa shape index (κ1) is 13.1. The van der Waals surface area contributed by atoms with Crippen molar-refractivity contribution in [2.24, 2.45) is 0 Å². The van der Waals surface area contributed by atoms with Gasteiger partial charge in [0.05, 0.1) is 7.11 Å². The van der Waals surface area contributed by atoms with Crippen LogP contribution in [-0.2, 0) is 0 Å². The molecule has 0 aromatic heterocycles. The molecule has 5 heteroatoms. The van der Waals surface area contributed by atoms with Gasteiger partial charge in [-0.3, -0.25) is 4.79 Å². The number of ether oxygens (including phenoxy) is 2. The van der Waals surface area contributed by atoms with Crippen LogP contribution >= 0.6 is 0 Å². The molecule has 1 aliphatic heterocycles. The number of carbonyl (C=O) groups excluding carboxylic acids is 1. The molecule has 0 aliphatic carbocycles. The van der Waals surface area contributed by atoms with Gasteiger partial charge in [-0.1, -0.05) is 18.2 Å². The van der Waals surface area contributed by atoms with E-state index in [1.807, 2.05) is 12.1 Å². The molecule has 5 nitrogen and oxygen atoms in total. The number of rotatable bonds is 2. The molecule has 0 saturated carbocycles. The van der Waals surface area contributed by atoms with Gasteiger partial charge in [0.25, 0.3) is 0 Å². The van der Waals surface area contributed by atoms with Gasteiger partial charge in [0.15, 0.2) is 5.76 Å². The molecular formula is C16H12O5. The molecule has 1 heterocycles. The number of phenolic OH excluding ortho intramolecular Hbond substituents is 2. The largest absolute Gasteiger partial charge is 0.508 e. The molecule has 21 heavy (non-hydrogen) atoms. The van der Waals surface area contributed by atoms with Crippen molar-refractivity contribution in [1.29, 1.82) is 0 Å². The van der Waals surface area contributed by atoms with Gasteiger partial charge in [-0.15, -0.1) is 0 Å². The van der Waals surface area contributed by atoms with Crippen molar-refractivity contribution in [3.05, 3.63) is 53.3 Å². The molecule has 0 bridgehead atoms. The summed E-state index contributed by atoms with van der Waals surface area (Å²) in [5.41, 5.74) is 0.730. The Morgan fingerprint density at radius 1 is 1.19 bits per heavy atom. The van der Waals surface area contributed by atoms with E-state index < -0.39 is 5.78 Å². The highest BCUT2D eigenvalue weighted by molar-refractivity contribution is 6.16. The number of fused-ring (bicyclic) bond motifs is 1. The van der Waals surface area contributed by atoms with E-state index >= 15 is 0 Å². The predicted molar refractivity (Wildman–Crippen MR) is 75.7 cm³/mol. The van der Waals surface area contributed by atoms with Gasteiger partial charge in [0, 0.05) is 17.7 Å². The number of benzene rings is 2. The van der Waals surface area contributed by atoms with Gasteiger partial charge in [-0.2, -0.15) is 0 Å². The lowest BCUT2D eigenvalue weighted by Gasteiger charge is -2.04. The molecule has 3 rings (SSSR count). The first-order chi connectivity index (χ1) is 10.1. The average molecular weight is 284 g/mol. The molecule has 0 atom stereocenters. The van der Waals surface area contributed by atoms with Crippen LogP contribution in [0.3, 0.4) is 0 Å². The van der Waals surface area contributed by atoms with Gasteiger partial charge >= 0.3 is 0 Å². The fourth-order valence-corrected chi connectivity index (χ4v) is 2.21. The Kier molecular flexibility index (Phi) is 3.02. The van der Waals surface area contributed by atoms with Crippen LogP contribution in [0.1, 0.15) is 15.9 Å². The third-order valence-corrected chi connectivity index (χ3v) is 3.16. The highest BCUT2D eigenvalue weighted by atomic mass is 16.5. The zero-order valence-electron chi connectivity index (χ0n) is 11.2. The summed E-state index contributed by atoms with van der Waals surface area (Å²) in [5.74, 6) is -0.108. The Balaban J connectivity index is 2.05. The number of allylic oxidation sites excluding steroid dienone is 1. The molecule has 0 saturated heterocycles. The van der Waals surface area contributed by atoms with E-state index in [1.165, 1.54) is 19.3 Å². The van der Waals surface area contributed by atoms with Crippen molar-refractivity contribution in [2.45, 2.75) is 0 Å². The van der Waals surface area contributed by atoms with Crippen LogP contribution in [0.5, 0.6) is 23.0 Å². The van der Waals surface area contributed by atoms with Crippen molar-refractivity contribution in [3.8, 4) is 23.0 Å². The second-order valence-corrected chi connectivity index (χ2v) is 4.52. The fraction of sp³-hybridized carbons (Fsp3) is 0.0625. The maximum Gasteiger partial charge on any atom is 0.235 e. The molecule has 2 N–H and O–H groups in total. The standard InChI is InChI=1S/C16H12O5/c1-20-12-5-3-2-4-9(12)6-14-16(19)15-11(18)7-10(17)8-13(15)21-14/h2-8,17-18H,1H3/b14-6-. The average Bonchev–Trinajstić information content (AvgIpc) is 2.76. The minimum absolute atomic E-state index is 0.0500. The summed E-state index contributed by atoms with van der Waals surface area (Å²) in [6.07, 6.45) is 1.54. The molecule has 2 aromatic rings. The number of phenols is 2. The van der Waals surface area contributed by atoms with Gasteiger partial charge in [0.1, 0.15) is 28.6 Å². The van der Waals surface area contributed by atoms with E-state index in [2.05, 4.69) is 0 Å². The van der Waals surface area contributed by atoms with Crippen molar-refractivity contribution < 1.29 is 24.5 Å². The number of carbonyl (C=O) groups is 1. The summed E-state index contributed by atoms with van der Waals surface area (Å²) in [6.45, 7) is 0. The van der Waals surface area contributed by atoms with Crippen LogP contribution in [0, 0.1) is 0 Å². The van der Waals surface area contributed by atoms with Gasteiger partial charge < -0.3 is 19.7 Å². The number of ketones is 1. The van der Waals surface area contributed by atoms with Gasteiger partial charge in [-0.05, 0) is 12.1 Å². The second kappa shape index (κ2) is 4.86. The number of hydrogen-bond acceptors (Lipinski definition) is 5. The molecule has 2 aromatic carbocycles. The second-order valence-electron chi connectivity index (χ2n) is 4.52. The maximum atomic E-state index is 12.3. The van der Waals surface area contributed by atoms with Crippen LogP contribution in [0.25, 0.3) is 6.08 Å². The molecule has 1 aliphatic rings. The van der Waals surface area contributed by atoms with E-state index in [4.69, 9.17) is 9.47 Å². The van der Waals surface area contributed by atoms with Gasteiger partial charge in [0.2, 0.25) is 5.78 Å². The lowest BCUT2D eigenvalue weighted by molar-refractivity contribution is 0.101. The number of Topliss-reactive ketones (excluding diaryl/α,β-unsaturated/α-hetero) is 1. The lowest BCUT2D eigenvalue weighted by Crippen LogP contribution is -1.99. The number of methoxy groups -OCH3 is 1. The summed E-state index contributed by atoms with van der Waals surface area (Å²) < 4.78 is 10.6. The van der Waals surface area contributed by atoms with Crippen LogP contribution in [0.15, 0.2) is 42.2 Å². The first-order valence-corrected chi connectivity index (χ1v) is 6.23. The number of para-hydroxylation sites is 1. The van der Waals surface area contributed by atoms with Crippen LogP contribution in [0.2, 0.25) is 0 Å². The summed E-state index contributed by atoms with van der Waals surface area (Å²) in [4.78, 5) is 12.3. The molecule has 0 spiro atoms. The topological polar surface area (TPSA) is 76.0 Å². The van der Waals surface area contributed by atoms with Crippen LogP contribution in [0.4, 0.5) is 0 Å². The van der Waals surface area contributed by atoms with E-state index in [9.17, 15) is 15.0 Å². The molecular weight excluding hydrogens is 272 g/mol. The SMILES string of the molecule is COc1ccccc1/C=C1\Oc2cc(O)cc(O)c2C1=O. The van der Waals surface area contributed by atoms with Crippen molar-refractivity contribution >= 4 is 11.9 Å². The summed E-state index contributed by atoms with van der Waals surface area (Å²) in [5, 5.41) is 19.2. The normalized spacial score (nSPS) is 14.9. The number of aromatic hydroxyl groups is 2. The predicted octanol–water partition coefficient (Wildman–Crippen LogP) is 2.72. The Bertz CT molecular complexity index is 761. The highest BCUT2D eigenvalue weighted by Gasteiger charge is 2.31. The molecule has 0 unspecified atom stereocenters. The van der Waals surface area contributed by atoms with Crippen molar-refractivity contribution in [3.63, 3.8) is 0 Å².